The van der Waals surface area contributed by atoms with Crippen molar-refractivity contribution in [2.45, 2.75) is 25.5 Å². The summed E-state index contributed by atoms with van der Waals surface area (Å²) < 4.78 is 0. The monoisotopic (exact) mass is 173 g/mol. The summed E-state index contributed by atoms with van der Waals surface area (Å²) in [5.74, 6) is 4.75. The number of nitrogens with one attached hydrogen (secondary N) is 1. The Morgan fingerprint density at radius 1 is 1.75 bits per heavy atom. The Labute approximate surface area is 71.5 Å². The molecule has 0 radical (unpaired) electrons. The highest BCUT2D eigenvalue weighted by Gasteiger charge is 2.40. The molecule has 0 spiro atoms. The first-order valence-corrected chi connectivity index (χ1v) is 3.93. The fourth-order valence-electron chi connectivity index (χ4n) is 1.39. The van der Waals surface area contributed by atoms with E-state index >= 15 is 0 Å². The molecule has 1 saturated heterocycles. The molecule has 1 heterocycles. The zero-order chi connectivity index (χ0) is 9.35. The number of hydrogen-bond acceptors (Lipinski definition) is 4. The van der Waals surface area contributed by atoms with Crippen LogP contribution in [0.4, 0.5) is 0 Å². The molecule has 0 bridgehead atoms. The van der Waals surface area contributed by atoms with Crippen LogP contribution in [0.15, 0.2) is 0 Å². The molecule has 5 heteroatoms. The summed E-state index contributed by atoms with van der Waals surface area (Å²) in [7, 11) is 0. The molecule has 1 rings (SSSR count). The second-order valence-corrected chi connectivity index (χ2v) is 3.59. The van der Waals surface area contributed by atoms with Crippen LogP contribution in [0.1, 0.15) is 13.8 Å². The van der Waals surface area contributed by atoms with Crippen LogP contribution in [0.3, 0.4) is 0 Å². The van der Waals surface area contributed by atoms with Crippen molar-refractivity contribution in [2.75, 3.05) is 13.1 Å². The quantitative estimate of drug-likeness (QED) is 0.268. The molecular formula is C7H15N3O2. The van der Waals surface area contributed by atoms with Crippen LogP contribution in [0.2, 0.25) is 0 Å². The zero-order valence-electron chi connectivity index (χ0n) is 7.37. The second-order valence-electron chi connectivity index (χ2n) is 3.59. The van der Waals surface area contributed by atoms with Crippen molar-refractivity contribution in [3.8, 4) is 0 Å². The first kappa shape index (κ1) is 9.44. The Hall–Kier alpha value is -0.650. The minimum Gasteiger partial charge on any atom is -0.388 e. The summed E-state index contributed by atoms with van der Waals surface area (Å²) in [5.41, 5.74) is 1.44. The lowest BCUT2D eigenvalue weighted by atomic mass is 9.95. The van der Waals surface area contributed by atoms with E-state index in [1.54, 1.807) is 13.8 Å². The second kappa shape index (κ2) is 3.01. The van der Waals surface area contributed by atoms with Crippen LogP contribution in [-0.2, 0) is 4.79 Å². The topological polar surface area (TPSA) is 78.6 Å². The highest BCUT2D eigenvalue weighted by molar-refractivity contribution is 5.80. The average molecular weight is 173 g/mol. The summed E-state index contributed by atoms with van der Waals surface area (Å²) in [6, 6.07) is -0.254. The van der Waals surface area contributed by atoms with E-state index in [1.807, 2.05) is 4.90 Å². The van der Waals surface area contributed by atoms with E-state index in [0.717, 1.165) is 0 Å². The molecule has 1 aliphatic rings. The molecule has 0 saturated carbocycles. The molecule has 12 heavy (non-hydrogen) atoms. The van der Waals surface area contributed by atoms with Gasteiger partial charge in [-0.2, -0.15) is 0 Å². The highest BCUT2D eigenvalue weighted by Crippen LogP contribution is 2.21. The van der Waals surface area contributed by atoms with Crippen molar-refractivity contribution in [1.29, 1.82) is 0 Å². The number of nitrogens with two attached hydrogens (primary N) is 1. The Bertz CT molecular complexity index is 185. The predicted molar refractivity (Wildman–Crippen MR) is 44.0 cm³/mol. The molecule has 1 aliphatic heterocycles. The van der Waals surface area contributed by atoms with Crippen molar-refractivity contribution in [3.05, 3.63) is 0 Å². The molecule has 4 N–H and O–H groups in total. The van der Waals surface area contributed by atoms with Crippen molar-refractivity contribution >= 4 is 5.91 Å². The highest BCUT2D eigenvalue weighted by atomic mass is 16.3. The van der Waals surface area contributed by atoms with E-state index in [-0.39, 0.29) is 11.9 Å². The smallest absolute Gasteiger partial charge is 0.250 e. The number of nitrogens with zero attached hydrogens (tertiary/aromatic N) is 1. The van der Waals surface area contributed by atoms with E-state index in [4.69, 9.17) is 5.84 Å². The fourth-order valence-corrected chi connectivity index (χ4v) is 1.39. The number of aliphatic hydroxyl groups is 1. The fraction of sp³-hybridized carbons (Fsp3) is 0.857. The lowest BCUT2D eigenvalue weighted by Gasteiger charge is -2.46. The lowest BCUT2D eigenvalue weighted by Crippen LogP contribution is -2.65. The maximum absolute atomic E-state index is 11.0. The first-order chi connectivity index (χ1) is 5.46. The zero-order valence-corrected chi connectivity index (χ0v) is 7.37. The van der Waals surface area contributed by atoms with Crippen molar-refractivity contribution in [1.82, 2.24) is 10.3 Å². The van der Waals surface area contributed by atoms with Gasteiger partial charge in [-0.25, -0.2) is 5.84 Å². The Morgan fingerprint density at radius 2 is 2.25 bits per heavy atom. The Morgan fingerprint density at radius 3 is 2.58 bits per heavy atom. The van der Waals surface area contributed by atoms with Gasteiger partial charge in [0.05, 0.1) is 11.6 Å². The summed E-state index contributed by atoms with van der Waals surface area (Å²) in [6.45, 7) is 4.57. The first-order valence-electron chi connectivity index (χ1n) is 3.93. The van der Waals surface area contributed by atoms with Crippen LogP contribution < -0.4 is 11.3 Å². The maximum Gasteiger partial charge on any atom is 0.250 e. The molecule has 0 aliphatic carbocycles. The van der Waals surface area contributed by atoms with Gasteiger partial charge in [-0.05, 0) is 13.8 Å². The molecule has 1 fully saturated rings. The number of carbonyl (C=O) groups excluding carboxylic acids is 1. The van der Waals surface area contributed by atoms with Gasteiger partial charge in [0.25, 0.3) is 5.91 Å². The Kier molecular flexibility index (Phi) is 2.36. The van der Waals surface area contributed by atoms with Gasteiger partial charge in [0.2, 0.25) is 0 Å². The SMILES string of the molecule is CC(C(=O)NN)N1CC(C)(O)C1. The molecule has 5 nitrogen and oxygen atoms in total. The van der Waals surface area contributed by atoms with Crippen molar-refractivity contribution in [3.63, 3.8) is 0 Å². The average Bonchev–Trinajstić information content (AvgIpc) is 1.97. The molecule has 1 unspecified atom stereocenters. The third kappa shape index (κ3) is 1.74. The Balaban J connectivity index is 2.38. The standard InChI is InChI=1S/C7H15N3O2/c1-5(6(11)9-8)10-3-7(2,12)4-10/h5,12H,3-4,8H2,1-2H3,(H,9,11). The molecular weight excluding hydrogens is 158 g/mol. The van der Waals surface area contributed by atoms with E-state index in [2.05, 4.69) is 5.43 Å². The van der Waals surface area contributed by atoms with Gasteiger partial charge in [0.1, 0.15) is 0 Å². The molecule has 0 aromatic rings. The van der Waals surface area contributed by atoms with E-state index in [9.17, 15) is 9.90 Å². The van der Waals surface area contributed by atoms with Gasteiger partial charge >= 0.3 is 0 Å². The third-order valence-electron chi connectivity index (χ3n) is 2.16. The van der Waals surface area contributed by atoms with Crippen LogP contribution in [0, 0.1) is 0 Å². The number of rotatable bonds is 2. The summed E-state index contributed by atoms with van der Waals surface area (Å²) in [4.78, 5) is 12.9. The summed E-state index contributed by atoms with van der Waals surface area (Å²) >= 11 is 0. The van der Waals surface area contributed by atoms with Gasteiger partial charge < -0.3 is 5.11 Å². The number of carbonyl (C=O) groups is 1. The van der Waals surface area contributed by atoms with Gasteiger partial charge in [0, 0.05) is 13.1 Å². The van der Waals surface area contributed by atoms with Crippen molar-refractivity contribution in [2.24, 2.45) is 5.84 Å². The van der Waals surface area contributed by atoms with E-state index < -0.39 is 5.60 Å². The van der Waals surface area contributed by atoms with Crippen LogP contribution in [0.25, 0.3) is 0 Å². The molecule has 1 amide bonds. The van der Waals surface area contributed by atoms with Crippen molar-refractivity contribution < 1.29 is 9.90 Å². The normalized spacial score (nSPS) is 24.3. The predicted octanol–water partition coefficient (Wildman–Crippen LogP) is -1.57. The largest absolute Gasteiger partial charge is 0.388 e. The number of hydrogen-bond donors (Lipinski definition) is 3. The number of likely N-dealkylation sites (tertiary alicyclic amines) is 1. The minimum atomic E-state index is -0.636. The third-order valence-corrected chi connectivity index (χ3v) is 2.16. The van der Waals surface area contributed by atoms with E-state index in [1.165, 1.54) is 0 Å². The number of amides is 1. The van der Waals surface area contributed by atoms with Crippen LogP contribution in [-0.4, -0.2) is 40.6 Å². The number of hydrazine groups is 1. The van der Waals surface area contributed by atoms with Gasteiger partial charge in [0.15, 0.2) is 0 Å². The minimum absolute atomic E-state index is 0.217. The molecule has 0 aromatic heterocycles. The van der Waals surface area contributed by atoms with Gasteiger partial charge in [-0.15, -0.1) is 0 Å². The molecule has 0 aromatic carbocycles. The van der Waals surface area contributed by atoms with Gasteiger partial charge in [-0.1, -0.05) is 0 Å². The maximum atomic E-state index is 11.0. The molecule has 1 atom stereocenters. The van der Waals surface area contributed by atoms with E-state index in [0.29, 0.717) is 13.1 Å². The number of β-amino-alcohol motifs (C(OH)–C–C–N with tert-alkyl or cyclic N) is 1. The lowest BCUT2D eigenvalue weighted by molar-refractivity contribution is -0.138. The van der Waals surface area contributed by atoms with Crippen LogP contribution in [0.5, 0.6) is 0 Å². The van der Waals surface area contributed by atoms with Gasteiger partial charge in [-0.3, -0.25) is 15.1 Å². The van der Waals surface area contributed by atoms with Crippen LogP contribution >= 0.6 is 0 Å². The molecule has 70 valence electrons. The summed E-state index contributed by atoms with van der Waals surface area (Å²) in [5, 5.41) is 9.38. The summed E-state index contributed by atoms with van der Waals surface area (Å²) in [6.07, 6.45) is 0.